The highest BCUT2D eigenvalue weighted by Crippen LogP contribution is 2.28. The summed E-state index contributed by atoms with van der Waals surface area (Å²) in [6.07, 6.45) is 4.15. The van der Waals surface area contributed by atoms with Gasteiger partial charge in [0.2, 0.25) is 11.7 Å². The van der Waals surface area contributed by atoms with Gasteiger partial charge in [0.25, 0.3) is 0 Å². The van der Waals surface area contributed by atoms with E-state index in [-0.39, 0.29) is 0 Å². The Morgan fingerprint density at radius 1 is 1.17 bits per heavy atom. The Labute approximate surface area is 172 Å². The molecule has 1 aliphatic rings. The molecule has 5 rings (SSSR count). The Morgan fingerprint density at radius 3 is 2.83 bits per heavy atom. The van der Waals surface area contributed by atoms with E-state index in [4.69, 9.17) is 14.0 Å². The van der Waals surface area contributed by atoms with E-state index in [2.05, 4.69) is 38.4 Å². The number of hydrogen-bond acceptors (Lipinski definition) is 8. The lowest BCUT2D eigenvalue weighted by atomic mass is 10.1. The highest BCUT2D eigenvalue weighted by atomic mass is 16.5. The molecule has 1 aromatic carbocycles. The first-order valence-corrected chi connectivity index (χ1v) is 9.66. The molecule has 3 aromatic heterocycles. The molecule has 0 amide bonds. The normalized spacial score (nSPS) is 16.3. The molecule has 1 unspecified atom stereocenters. The second-order valence-electron chi connectivity index (χ2n) is 7.18. The number of rotatable bonds is 6. The summed E-state index contributed by atoms with van der Waals surface area (Å²) in [5.74, 6) is 2.00. The van der Waals surface area contributed by atoms with Crippen LogP contribution in [0.25, 0.3) is 27.9 Å². The van der Waals surface area contributed by atoms with Gasteiger partial charge in [-0.25, -0.2) is 0 Å². The third kappa shape index (κ3) is 3.33. The van der Waals surface area contributed by atoms with E-state index in [0.717, 1.165) is 23.0 Å². The molecule has 0 spiro atoms. The summed E-state index contributed by atoms with van der Waals surface area (Å²) in [6, 6.07) is 9.58. The van der Waals surface area contributed by atoms with Gasteiger partial charge in [-0.3, -0.25) is 4.99 Å². The molecule has 30 heavy (non-hydrogen) atoms. The van der Waals surface area contributed by atoms with Gasteiger partial charge in [0, 0.05) is 30.5 Å². The van der Waals surface area contributed by atoms with E-state index < -0.39 is 0 Å². The van der Waals surface area contributed by atoms with Gasteiger partial charge < -0.3 is 14.0 Å². The number of aliphatic imine (C=N–C) groups is 1. The van der Waals surface area contributed by atoms with Gasteiger partial charge in [-0.1, -0.05) is 36.4 Å². The number of ether oxygens (including phenoxy) is 2. The Morgan fingerprint density at radius 2 is 2.03 bits per heavy atom. The maximum Gasteiger partial charge on any atom is 0.240 e. The van der Waals surface area contributed by atoms with Crippen LogP contribution >= 0.6 is 0 Å². The van der Waals surface area contributed by atoms with Crippen molar-refractivity contribution in [1.82, 2.24) is 25.0 Å². The predicted molar refractivity (Wildman–Crippen MR) is 111 cm³/mol. The molecule has 0 radical (unpaired) electrons. The summed E-state index contributed by atoms with van der Waals surface area (Å²) < 4.78 is 18.1. The highest BCUT2D eigenvalue weighted by molar-refractivity contribution is 5.98. The average molecular weight is 404 g/mol. The molecule has 152 valence electrons. The van der Waals surface area contributed by atoms with E-state index >= 15 is 0 Å². The largest absolute Gasteiger partial charge is 0.470 e. The average Bonchev–Trinajstić information content (AvgIpc) is 3.40. The van der Waals surface area contributed by atoms with Crippen LogP contribution in [0.2, 0.25) is 0 Å². The van der Waals surface area contributed by atoms with Crippen molar-refractivity contribution in [3.63, 3.8) is 0 Å². The fraction of sp³-hybridized carbons (Fsp3) is 0.286. The second kappa shape index (κ2) is 7.68. The SMILES string of the molecule is COCc1cc(-c2nnc3c4ccccc4c(OCC4=NCC(C)C=C4)nn23)no1. The summed E-state index contributed by atoms with van der Waals surface area (Å²) >= 11 is 0. The van der Waals surface area contributed by atoms with Gasteiger partial charge in [0.15, 0.2) is 17.1 Å². The van der Waals surface area contributed by atoms with Crippen molar-refractivity contribution in [2.75, 3.05) is 20.3 Å². The summed E-state index contributed by atoms with van der Waals surface area (Å²) in [5.41, 5.74) is 2.04. The van der Waals surface area contributed by atoms with E-state index in [1.165, 1.54) is 0 Å². The minimum Gasteiger partial charge on any atom is -0.470 e. The molecule has 1 aliphatic heterocycles. The zero-order chi connectivity index (χ0) is 20.5. The van der Waals surface area contributed by atoms with Crippen molar-refractivity contribution in [1.29, 1.82) is 0 Å². The van der Waals surface area contributed by atoms with Crippen molar-refractivity contribution in [2.24, 2.45) is 10.9 Å². The first-order valence-electron chi connectivity index (χ1n) is 9.66. The van der Waals surface area contributed by atoms with Crippen LogP contribution in [-0.4, -0.2) is 50.9 Å². The Kier molecular flexibility index (Phi) is 4.72. The topological polar surface area (TPSA) is 99.9 Å². The summed E-state index contributed by atoms with van der Waals surface area (Å²) in [6.45, 7) is 3.57. The number of aromatic nitrogens is 5. The number of nitrogens with zero attached hydrogens (tertiary/aromatic N) is 6. The number of methoxy groups -OCH3 is 1. The molecule has 0 saturated carbocycles. The zero-order valence-electron chi connectivity index (χ0n) is 16.6. The van der Waals surface area contributed by atoms with Crippen LogP contribution in [0.3, 0.4) is 0 Å². The number of benzene rings is 1. The quantitative estimate of drug-likeness (QED) is 0.487. The van der Waals surface area contributed by atoms with Crippen molar-refractivity contribution in [2.45, 2.75) is 13.5 Å². The van der Waals surface area contributed by atoms with Crippen molar-refractivity contribution in [3.05, 3.63) is 48.2 Å². The summed E-state index contributed by atoms with van der Waals surface area (Å²) in [4.78, 5) is 4.55. The van der Waals surface area contributed by atoms with Crippen LogP contribution in [0.1, 0.15) is 12.7 Å². The van der Waals surface area contributed by atoms with Gasteiger partial charge in [-0.05, 0) is 18.1 Å². The molecule has 9 heteroatoms. The van der Waals surface area contributed by atoms with Crippen molar-refractivity contribution < 1.29 is 14.0 Å². The van der Waals surface area contributed by atoms with E-state index in [1.54, 1.807) is 17.7 Å². The molecular weight excluding hydrogens is 384 g/mol. The summed E-state index contributed by atoms with van der Waals surface area (Å²) in [7, 11) is 1.60. The number of hydrogen-bond donors (Lipinski definition) is 0. The molecular formula is C21H20N6O3. The van der Waals surface area contributed by atoms with Crippen LogP contribution in [0.15, 0.2) is 52.0 Å². The van der Waals surface area contributed by atoms with E-state index in [0.29, 0.717) is 47.9 Å². The molecule has 0 aliphatic carbocycles. The van der Waals surface area contributed by atoms with Gasteiger partial charge in [0.1, 0.15) is 13.2 Å². The monoisotopic (exact) mass is 404 g/mol. The maximum atomic E-state index is 6.07. The third-order valence-corrected chi connectivity index (χ3v) is 4.86. The first kappa shape index (κ1) is 18.4. The minimum atomic E-state index is 0.322. The number of fused-ring (bicyclic) bond motifs is 3. The molecule has 0 bridgehead atoms. The minimum absolute atomic E-state index is 0.322. The second-order valence-corrected chi connectivity index (χ2v) is 7.18. The lowest BCUT2D eigenvalue weighted by molar-refractivity contribution is 0.156. The van der Waals surface area contributed by atoms with Gasteiger partial charge >= 0.3 is 0 Å². The molecule has 4 heterocycles. The van der Waals surface area contributed by atoms with E-state index in [1.807, 2.05) is 30.3 Å². The summed E-state index contributed by atoms with van der Waals surface area (Å²) in [5, 5.41) is 19.1. The standard InChI is InChI=1S/C21H20N6O3/c1-13-7-8-14(22-10-13)11-29-21-17-6-4-3-5-16(17)19-23-24-20(27(19)25-21)18-9-15(12-28-2)30-26-18/h3-9,13H,10-12H2,1-2H3. The molecule has 9 nitrogen and oxygen atoms in total. The third-order valence-electron chi connectivity index (χ3n) is 4.86. The fourth-order valence-electron chi connectivity index (χ4n) is 3.33. The van der Waals surface area contributed by atoms with Gasteiger partial charge in [-0.15, -0.1) is 15.3 Å². The smallest absolute Gasteiger partial charge is 0.240 e. The van der Waals surface area contributed by atoms with Crippen molar-refractivity contribution in [3.8, 4) is 17.4 Å². The first-order chi connectivity index (χ1) is 14.7. The van der Waals surface area contributed by atoms with Crippen LogP contribution in [-0.2, 0) is 11.3 Å². The molecule has 0 saturated heterocycles. The Hall–Kier alpha value is -3.59. The molecule has 0 N–H and O–H groups in total. The Bertz CT molecular complexity index is 1270. The van der Waals surface area contributed by atoms with E-state index in [9.17, 15) is 0 Å². The van der Waals surface area contributed by atoms with Crippen LogP contribution in [0, 0.1) is 5.92 Å². The van der Waals surface area contributed by atoms with Crippen LogP contribution in [0.5, 0.6) is 5.88 Å². The fourth-order valence-corrected chi connectivity index (χ4v) is 3.33. The molecule has 0 fully saturated rings. The van der Waals surface area contributed by atoms with Gasteiger partial charge in [0.05, 0.1) is 5.71 Å². The van der Waals surface area contributed by atoms with Crippen LogP contribution in [0.4, 0.5) is 0 Å². The lowest BCUT2D eigenvalue weighted by Crippen LogP contribution is -2.16. The highest BCUT2D eigenvalue weighted by Gasteiger charge is 2.19. The molecule has 1 atom stereocenters. The Balaban J connectivity index is 1.56. The maximum absolute atomic E-state index is 6.07. The lowest BCUT2D eigenvalue weighted by Gasteiger charge is -2.13. The van der Waals surface area contributed by atoms with Crippen molar-refractivity contribution >= 4 is 22.1 Å². The number of dihydropyridines is 1. The van der Waals surface area contributed by atoms with Crippen LogP contribution < -0.4 is 4.74 Å². The van der Waals surface area contributed by atoms with Gasteiger partial charge in [-0.2, -0.15) is 4.52 Å². The predicted octanol–water partition coefficient (Wildman–Crippen LogP) is 3.10. The zero-order valence-corrected chi connectivity index (χ0v) is 16.6. The molecule has 4 aromatic rings.